The molecule has 0 aliphatic carbocycles. The van der Waals surface area contributed by atoms with Crippen molar-refractivity contribution in [3.05, 3.63) is 24.0 Å². The van der Waals surface area contributed by atoms with Crippen LogP contribution in [-0.4, -0.2) is 23.4 Å². The predicted octanol–water partition coefficient (Wildman–Crippen LogP) is 3.74. The van der Waals surface area contributed by atoms with Crippen molar-refractivity contribution in [2.75, 3.05) is 9.80 Å². The van der Waals surface area contributed by atoms with Gasteiger partial charge in [0.2, 0.25) is 11.8 Å². The van der Waals surface area contributed by atoms with E-state index in [1.165, 1.54) is 17.0 Å². The van der Waals surface area contributed by atoms with E-state index in [0.29, 0.717) is 11.4 Å². The second-order valence-electron chi connectivity index (χ2n) is 8.08. The zero-order valence-electron chi connectivity index (χ0n) is 14.9. The third-order valence-corrected chi connectivity index (χ3v) is 3.93. The molecule has 1 aromatic carbocycles. The number of carbonyl (C=O) groups is 2. The van der Waals surface area contributed by atoms with Gasteiger partial charge in [0.1, 0.15) is 11.9 Å². The van der Waals surface area contributed by atoms with Gasteiger partial charge in [-0.2, -0.15) is 0 Å². The Hall–Kier alpha value is -1.91. The van der Waals surface area contributed by atoms with E-state index >= 15 is 0 Å². The molecule has 2 rings (SSSR count). The van der Waals surface area contributed by atoms with Crippen molar-refractivity contribution in [2.24, 2.45) is 5.41 Å². The molecule has 2 amide bonds. The zero-order chi connectivity index (χ0) is 17.7. The summed E-state index contributed by atoms with van der Waals surface area (Å²) in [6.45, 7) is 12.8. The largest absolute Gasteiger partial charge is 0.303 e. The van der Waals surface area contributed by atoms with Crippen LogP contribution in [-0.2, 0) is 9.59 Å². The van der Waals surface area contributed by atoms with E-state index in [1.807, 2.05) is 41.5 Å². The van der Waals surface area contributed by atoms with Gasteiger partial charge in [-0.15, -0.1) is 0 Å². The van der Waals surface area contributed by atoms with Crippen LogP contribution in [0.5, 0.6) is 0 Å². The van der Waals surface area contributed by atoms with Crippen LogP contribution in [0.3, 0.4) is 0 Å². The molecule has 0 aromatic heterocycles. The van der Waals surface area contributed by atoms with Crippen molar-refractivity contribution in [1.82, 2.24) is 0 Å². The Labute approximate surface area is 137 Å². The Balaban J connectivity index is 2.70. The minimum Gasteiger partial charge on any atom is -0.303 e. The molecule has 1 aromatic rings. The van der Waals surface area contributed by atoms with Crippen LogP contribution in [0.25, 0.3) is 0 Å². The van der Waals surface area contributed by atoms with E-state index in [-0.39, 0.29) is 11.8 Å². The fourth-order valence-corrected chi connectivity index (χ4v) is 2.84. The second-order valence-corrected chi connectivity index (χ2v) is 8.08. The molecule has 5 heteroatoms. The Morgan fingerprint density at radius 3 is 2.13 bits per heavy atom. The number of fused-ring (bicyclic) bond motifs is 1. The van der Waals surface area contributed by atoms with Crippen LogP contribution in [0.15, 0.2) is 18.2 Å². The zero-order valence-corrected chi connectivity index (χ0v) is 14.9. The molecule has 1 aliphatic rings. The van der Waals surface area contributed by atoms with Gasteiger partial charge in [0.15, 0.2) is 0 Å². The van der Waals surface area contributed by atoms with Crippen molar-refractivity contribution in [3.63, 3.8) is 0 Å². The minimum atomic E-state index is -0.635. The molecule has 1 aliphatic heterocycles. The van der Waals surface area contributed by atoms with Gasteiger partial charge in [0.05, 0.1) is 11.4 Å². The van der Waals surface area contributed by atoms with Crippen molar-refractivity contribution < 1.29 is 14.0 Å². The Morgan fingerprint density at radius 1 is 1.09 bits per heavy atom. The number of amides is 2. The molecular formula is C18H25FN2O2. The van der Waals surface area contributed by atoms with Crippen LogP contribution in [0, 0.1) is 11.2 Å². The SMILES string of the molecule is CC1C(=O)N(C(C)(C)C)c2cc(F)ccc2N1C(=O)C(C)(C)C. The highest BCUT2D eigenvalue weighted by Gasteiger charge is 2.44. The van der Waals surface area contributed by atoms with Gasteiger partial charge in [0.25, 0.3) is 0 Å². The Morgan fingerprint density at radius 2 is 1.65 bits per heavy atom. The number of halogens is 1. The molecule has 0 spiro atoms. The van der Waals surface area contributed by atoms with E-state index < -0.39 is 22.8 Å². The van der Waals surface area contributed by atoms with Crippen LogP contribution >= 0.6 is 0 Å². The first-order valence-electron chi connectivity index (χ1n) is 7.83. The quantitative estimate of drug-likeness (QED) is 0.730. The summed E-state index contributed by atoms with van der Waals surface area (Å²) in [5.74, 6) is -0.781. The molecule has 0 radical (unpaired) electrons. The van der Waals surface area contributed by atoms with Gasteiger partial charge in [-0.3, -0.25) is 14.5 Å². The summed E-state index contributed by atoms with van der Waals surface area (Å²) in [4.78, 5) is 28.8. The highest BCUT2D eigenvalue weighted by Crippen LogP contribution is 2.41. The third-order valence-electron chi connectivity index (χ3n) is 3.93. The number of nitrogens with zero attached hydrogens (tertiary/aromatic N) is 2. The standard InChI is InChI=1S/C18H25FN2O2/c1-11-15(22)21(18(5,6)7)14-10-12(19)8-9-13(14)20(11)16(23)17(2,3)4/h8-11H,1-7H3. The molecule has 1 heterocycles. The van der Waals surface area contributed by atoms with E-state index in [4.69, 9.17) is 0 Å². The predicted molar refractivity (Wildman–Crippen MR) is 90.0 cm³/mol. The molecule has 0 bridgehead atoms. The number of carbonyl (C=O) groups excluding carboxylic acids is 2. The van der Waals surface area contributed by atoms with Gasteiger partial charge < -0.3 is 4.90 Å². The highest BCUT2D eigenvalue weighted by atomic mass is 19.1. The fourth-order valence-electron chi connectivity index (χ4n) is 2.84. The maximum atomic E-state index is 13.8. The summed E-state index contributed by atoms with van der Waals surface area (Å²) in [5, 5.41) is 0. The van der Waals surface area contributed by atoms with Crippen molar-refractivity contribution in [2.45, 2.75) is 60.0 Å². The summed E-state index contributed by atoms with van der Waals surface area (Å²) < 4.78 is 13.8. The van der Waals surface area contributed by atoms with Crippen LogP contribution in [0.2, 0.25) is 0 Å². The summed E-state index contributed by atoms with van der Waals surface area (Å²) >= 11 is 0. The van der Waals surface area contributed by atoms with Gasteiger partial charge in [-0.05, 0) is 45.9 Å². The molecule has 0 fully saturated rings. The van der Waals surface area contributed by atoms with Gasteiger partial charge in [-0.25, -0.2) is 4.39 Å². The molecule has 1 atom stereocenters. The first kappa shape index (κ1) is 17.4. The summed E-state index contributed by atoms with van der Waals surface area (Å²) in [7, 11) is 0. The second kappa shape index (κ2) is 5.32. The molecule has 126 valence electrons. The minimum absolute atomic E-state index is 0.153. The van der Waals surface area contributed by atoms with Crippen LogP contribution in [0.4, 0.5) is 15.8 Å². The Bertz CT molecular complexity index is 656. The summed E-state index contributed by atoms with van der Waals surface area (Å²) in [5.41, 5.74) is -0.124. The van der Waals surface area contributed by atoms with E-state index in [1.54, 1.807) is 17.9 Å². The lowest BCUT2D eigenvalue weighted by Crippen LogP contribution is -2.60. The van der Waals surface area contributed by atoms with Gasteiger partial charge in [-0.1, -0.05) is 20.8 Å². The van der Waals surface area contributed by atoms with Gasteiger partial charge in [0, 0.05) is 11.0 Å². The monoisotopic (exact) mass is 320 g/mol. The maximum Gasteiger partial charge on any atom is 0.250 e. The number of hydrogen-bond acceptors (Lipinski definition) is 2. The number of benzene rings is 1. The Kier molecular flexibility index (Phi) is 4.04. The average Bonchev–Trinajstić information content (AvgIpc) is 2.37. The first-order valence-corrected chi connectivity index (χ1v) is 7.83. The molecule has 0 saturated carbocycles. The average molecular weight is 320 g/mol. The summed E-state index contributed by atoms with van der Waals surface area (Å²) in [6, 6.07) is 3.60. The molecule has 0 saturated heterocycles. The lowest BCUT2D eigenvalue weighted by Gasteiger charge is -2.47. The van der Waals surface area contributed by atoms with Crippen molar-refractivity contribution in [1.29, 1.82) is 0 Å². The first-order chi connectivity index (χ1) is 10.4. The normalized spacial score (nSPS) is 19.0. The molecule has 1 unspecified atom stereocenters. The van der Waals surface area contributed by atoms with E-state index in [9.17, 15) is 14.0 Å². The van der Waals surface area contributed by atoms with Crippen LogP contribution in [0.1, 0.15) is 48.5 Å². The lowest BCUT2D eigenvalue weighted by molar-refractivity contribution is -0.129. The maximum absolute atomic E-state index is 13.8. The third kappa shape index (κ3) is 2.96. The van der Waals surface area contributed by atoms with Crippen molar-refractivity contribution in [3.8, 4) is 0 Å². The van der Waals surface area contributed by atoms with E-state index in [2.05, 4.69) is 0 Å². The lowest BCUT2D eigenvalue weighted by atomic mass is 9.91. The molecule has 23 heavy (non-hydrogen) atoms. The fraction of sp³-hybridized carbons (Fsp3) is 0.556. The highest BCUT2D eigenvalue weighted by molar-refractivity contribution is 6.14. The van der Waals surface area contributed by atoms with Crippen LogP contribution < -0.4 is 9.80 Å². The molecule has 4 nitrogen and oxygen atoms in total. The number of anilines is 2. The molecule has 0 N–H and O–H groups in total. The molecular weight excluding hydrogens is 295 g/mol. The van der Waals surface area contributed by atoms with E-state index in [0.717, 1.165) is 0 Å². The smallest absolute Gasteiger partial charge is 0.250 e. The van der Waals surface area contributed by atoms with Gasteiger partial charge >= 0.3 is 0 Å². The van der Waals surface area contributed by atoms with Crippen molar-refractivity contribution >= 4 is 23.2 Å². The topological polar surface area (TPSA) is 40.6 Å². The number of rotatable bonds is 0. The number of hydrogen-bond donors (Lipinski definition) is 0. The summed E-state index contributed by atoms with van der Waals surface area (Å²) in [6.07, 6.45) is 0.